The largest absolute Gasteiger partial charge is 0.480 e. The van der Waals surface area contributed by atoms with Gasteiger partial charge in [-0.15, -0.1) is 0 Å². The van der Waals surface area contributed by atoms with Crippen molar-refractivity contribution >= 4 is 23.9 Å². The summed E-state index contributed by atoms with van der Waals surface area (Å²) in [4.78, 5) is 48.1. The van der Waals surface area contributed by atoms with Crippen LogP contribution in [0, 0.1) is 0 Å². The van der Waals surface area contributed by atoms with Gasteiger partial charge in [0.05, 0.1) is 6.54 Å². The molecule has 0 aliphatic carbocycles. The predicted molar refractivity (Wildman–Crippen MR) is 81.7 cm³/mol. The average molecular weight is 331 g/mol. The Labute approximate surface area is 135 Å². The molecule has 0 unspecified atom stereocenters. The Hall–Kier alpha value is -2.32. The van der Waals surface area contributed by atoms with E-state index in [-0.39, 0.29) is 6.54 Å². The fourth-order valence-electron chi connectivity index (χ4n) is 1.57. The van der Waals surface area contributed by atoms with Gasteiger partial charge >= 0.3 is 12.1 Å². The van der Waals surface area contributed by atoms with Crippen molar-refractivity contribution in [2.45, 2.75) is 39.3 Å². The van der Waals surface area contributed by atoms with Crippen LogP contribution in [0.1, 0.15) is 27.7 Å². The van der Waals surface area contributed by atoms with Crippen molar-refractivity contribution in [2.75, 3.05) is 27.2 Å². The van der Waals surface area contributed by atoms with E-state index < -0.39 is 42.1 Å². The first-order valence-corrected chi connectivity index (χ1v) is 7.03. The van der Waals surface area contributed by atoms with Gasteiger partial charge in [-0.1, -0.05) is 0 Å². The van der Waals surface area contributed by atoms with E-state index >= 15 is 0 Å². The first-order chi connectivity index (χ1) is 10.3. The lowest BCUT2D eigenvalue weighted by atomic mass is 10.2. The van der Waals surface area contributed by atoms with Crippen molar-refractivity contribution < 1.29 is 29.0 Å². The van der Waals surface area contributed by atoms with E-state index in [1.54, 1.807) is 20.8 Å². The van der Waals surface area contributed by atoms with Crippen molar-refractivity contribution in [3.05, 3.63) is 0 Å². The van der Waals surface area contributed by atoms with Crippen LogP contribution in [-0.2, 0) is 19.1 Å². The van der Waals surface area contributed by atoms with E-state index in [4.69, 9.17) is 9.84 Å². The van der Waals surface area contributed by atoms with Gasteiger partial charge in [0.1, 0.15) is 18.2 Å². The summed E-state index contributed by atoms with van der Waals surface area (Å²) >= 11 is 0. The van der Waals surface area contributed by atoms with Gasteiger partial charge < -0.3 is 25.0 Å². The number of hydrogen-bond acceptors (Lipinski definition) is 5. The molecule has 0 radical (unpaired) electrons. The molecule has 3 amide bonds. The second-order valence-electron chi connectivity index (χ2n) is 6.21. The summed E-state index contributed by atoms with van der Waals surface area (Å²) in [6, 6.07) is -0.882. The van der Waals surface area contributed by atoms with Crippen molar-refractivity contribution in [1.82, 2.24) is 15.1 Å². The smallest absolute Gasteiger partial charge is 0.408 e. The van der Waals surface area contributed by atoms with Crippen LogP contribution in [0.25, 0.3) is 0 Å². The van der Waals surface area contributed by atoms with Gasteiger partial charge in [0.2, 0.25) is 11.8 Å². The molecule has 0 saturated heterocycles. The highest BCUT2D eigenvalue weighted by Gasteiger charge is 2.25. The topological polar surface area (TPSA) is 116 Å². The maximum atomic E-state index is 12.1. The number of alkyl carbamates (subject to hydrolysis) is 1. The lowest BCUT2D eigenvalue weighted by Gasteiger charge is -2.25. The summed E-state index contributed by atoms with van der Waals surface area (Å²) in [7, 11) is 2.72. The SMILES string of the molecule is C[C@H](NC(=O)OC(C)(C)C)C(=O)N(C)CC(=O)N(C)CC(=O)O. The third kappa shape index (κ3) is 8.64. The number of aliphatic carboxylic acids is 1. The van der Waals surface area contributed by atoms with Crippen molar-refractivity contribution in [3.8, 4) is 0 Å². The van der Waals surface area contributed by atoms with Gasteiger partial charge in [-0.2, -0.15) is 0 Å². The number of nitrogens with one attached hydrogen (secondary N) is 1. The van der Waals surface area contributed by atoms with E-state index in [1.807, 2.05) is 0 Å². The minimum Gasteiger partial charge on any atom is -0.480 e. The molecular formula is C14H25N3O6. The second-order valence-corrected chi connectivity index (χ2v) is 6.21. The average Bonchev–Trinajstić information content (AvgIpc) is 2.34. The van der Waals surface area contributed by atoms with Gasteiger partial charge in [0.25, 0.3) is 0 Å². The van der Waals surface area contributed by atoms with Crippen LogP contribution in [0.15, 0.2) is 0 Å². The molecule has 9 nitrogen and oxygen atoms in total. The predicted octanol–water partition coefficient (Wildman–Crippen LogP) is -0.0990. The molecule has 9 heteroatoms. The molecule has 0 spiro atoms. The zero-order valence-electron chi connectivity index (χ0n) is 14.4. The first kappa shape index (κ1) is 20.7. The molecular weight excluding hydrogens is 306 g/mol. The first-order valence-electron chi connectivity index (χ1n) is 7.03. The number of amides is 3. The molecule has 0 saturated carbocycles. The molecule has 0 aromatic carbocycles. The molecule has 0 aromatic rings. The molecule has 132 valence electrons. The van der Waals surface area contributed by atoms with E-state index in [0.717, 1.165) is 9.80 Å². The fraction of sp³-hybridized carbons (Fsp3) is 0.714. The number of hydrogen-bond donors (Lipinski definition) is 2. The van der Waals surface area contributed by atoms with Gasteiger partial charge in [-0.3, -0.25) is 14.4 Å². The summed E-state index contributed by atoms with van der Waals surface area (Å²) < 4.78 is 5.04. The Morgan fingerprint density at radius 2 is 1.61 bits per heavy atom. The van der Waals surface area contributed by atoms with E-state index in [1.165, 1.54) is 21.0 Å². The van der Waals surface area contributed by atoms with Crippen molar-refractivity contribution in [3.63, 3.8) is 0 Å². The van der Waals surface area contributed by atoms with Crippen LogP contribution in [0.5, 0.6) is 0 Å². The molecule has 0 aliphatic heterocycles. The number of ether oxygens (including phenoxy) is 1. The molecule has 1 atom stereocenters. The Bertz CT molecular complexity index is 472. The molecule has 0 bridgehead atoms. The molecule has 23 heavy (non-hydrogen) atoms. The Morgan fingerprint density at radius 3 is 2.04 bits per heavy atom. The molecule has 0 fully saturated rings. The third-order valence-corrected chi connectivity index (χ3v) is 2.65. The fourth-order valence-corrected chi connectivity index (χ4v) is 1.57. The molecule has 0 heterocycles. The van der Waals surface area contributed by atoms with E-state index in [0.29, 0.717) is 0 Å². The lowest BCUT2D eigenvalue weighted by molar-refractivity contribution is -0.145. The van der Waals surface area contributed by atoms with Gasteiger partial charge in [-0.25, -0.2) is 4.79 Å². The van der Waals surface area contributed by atoms with Crippen molar-refractivity contribution in [1.29, 1.82) is 0 Å². The number of likely N-dealkylation sites (N-methyl/N-ethyl adjacent to an activating group) is 2. The Morgan fingerprint density at radius 1 is 1.09 bits per heavy atom. The number of carbonyl (C=O) groups excluding carboxylic acids is 3. The van der Waals surface area contributed by atoms with Gasteiger partial charge in [-0.05, 0) is 27.7 Å². The normalized spacial score (nSPS) is 12.1. The minimum atomic E-state index is -1.14. The summed E-state index contributed by atoms with van der Waals surface area (Å²) in [6.45, 7) is 5.82. The number of carbonyl (C=O) groups is 4. The molecule has 0 aromatic heterocycles. The summed E-state index contributed by atoms with van der Waals surface area (Å²) in [6.07, 6.45) is -0.735. The highest BCUT2D eigenvalue weighted by atomic mass is 16.6. The van der Waals surface area contributed by atoms with Gasteiger partial charge in [0, 0.05) is 14.1 Å². The third-order valence-electron chi connectivity index (χ3n) is 2.65. The number of rotatable bonds is 6. The van der Waals surface area contributed by atoms with Crippen LogP contribution in [0.2, 0.25) is 0 Å². The maximum absolute atomic E-state index is 12.1. The van der Waals surface area contributed by atoms with E-state index in [2.05, 4.69) is 5.32 Å². The Kier molecular flexibility index (Phi) is 7.51. The molecule has 0 rings (SSSR count). The standard InChI is InChI=1S/C14H25N3O6/c1-9(15-13(22)23-14(2,3)4)12(21)17(6)7-10(18)16(5)8-11(19)20/h9H,7-8H2,1-6H3,(H,15,22)(H,19,20)/t9-/m0/s1. The van der Waals surface area contributed by atoms with Crippen LogP contribution in [0.3, 0.4) is 0 Å². The van der Waals surface area contributed by atoms with E-state index in [9.17, 15) is 19.2 Å². The van der Waals surface area contributed by atoms with Crippen LogP contribution in [0.4, 0.5) is 4.79 Å². The molecule has 0 aliphatic rings. The van der Waals surface area contributed by atoms with Crippen LogP contribution >= 0.6 is 0 Å². The lowest BCUT2D eigenvalue weighted by Crippen LogP contribution is -2.49. The zero-order chi connectivity index (χ0) is 18.4. The minimum absolute atomic E-state index is 0.289. The highest BCUT2D eigenvalue weighted by molar-refractivity contribution is 5.89. The number of nitrogens with zero attached hydrogens (tertiary/aromatic N) is 2. The quantitative estimate of drug-likeness (QED) is 0.702. The summed E-state index contributed by atoms with van der Waals surface area (Å²) in [5.41, 5.74) is -0.686. The van der Waals surface area contributed by atoms with Gasteiger partial charge in [0.15, 0.2) is 0 Å². The summed E-state index contributed by atoms with van der Waals surface area (Å²) in [5.74, 6) is -2.16. The van der Waals surface area contributed by atoms with Crippen LogP contribution in [-0.4, -0.2) is 77.6 Å². The maximum Gasteiger partial charge on any atom is 0.408 e. The number of carboxylic acids is 1. The highest BCUT2D eigenvalue weighted by Crippen LogP contribution is 2.07. The summed E-state index contributed by atoms with van der Waals surface area (Å²) in [5, 5.41) is 11.0. The van der Waals surface area contributed by atoms with Crippen molar-refractivity contribution in [2.24, 2.45) is 0 Å². The molecule has 2 N–H and O–H groups in total. The number of carboxylic acid groups (broad SMARTS) is 1. The zero-order valence-corrected chi connectivity index (χ0v) is 14.4. The van der Waals surface area contributed by atoms with Crippen LogP contribution < -0.4 is 5.32 Å². The second kappa shape index (κ2) is 8.35. The monoisotopic (exact) mass is 331 g/mol. The Balaban J connectivity index is 4.50.